The van der Waals surface area contributed by atoms with Crippen molar-refractivity contribution in [2.24, 2.45) is 0 Å². The van der Waals surface area contributed by atoms with E-state index in [9.17, 15) is 9.59 Å². The van der Waals surface area contributed by atoms with Crippen LogP contribution in [0.1, 0.15) is 22.3 Å². The first-order valence-electron chi connectivity index (χ1n) is 12.4. The van der Waals surface area contributed by atoms with Gasteiger partial charge in [0, 0.05) is 10.6 Å². The minimum Gasteiger partial charge on any atom is -0.493 e. The molecule has 5 rings (SSSR count). The molecule has 0 saturated carbocycles. The van der Waals surface area contributed by atoms with E-state index < -0.39 is 0 Å². The lowest BCUT2D eigenvalue weighted by atomic mass is 10.0. The van der Waals surface area contributed by atoms with Crippen molar-refractivity contribution in [3.05, 3.63) is 124 Å². The van der Waals surface area contributed by atoms with Gasteiger partial charge in [-0.1, -0.05) is 72.3 Å². The van der Waals surface area contributed by atoms with Crippen LogP contribution in [0, 0.1) is 0 Å². The number of imide groups is 1. The molecule has 1 saturated heterocycles. The lowest BCUT2D eigenvalue weighted by Gasteiger charge is -2.16. The Kier molecular flexibility index (Phi) is 8.05. The van der Waals surface area contributed by atoms with Crippen LogP contribution in [0.4, 0.5) is 4.79 Å². The summed E-state index contributed by atoms with van der Waals surface area (Å²) in [6.45, 7) is 4.42. The Hall–Kier alpha value is -4.00. The number of amides is 2. The molecule has 1 aliphatic rings. The molecule has 1 fully saturated rings. The Morgan fingerprint density at radius 2 is 1.74 bits per heavy atom. The van der Waals surface area contributed by atoms with Crippen LogP contribution in [0.25, 0.3) is 16.8 Å². The summed E-state index contributed by atoms with van der Waals surface area (Å²) in [5, 5.41) is 2.46. The molecule has 5 nitrogen and oxygen atoms in total. The Labute approximate surface area is 236 Å². The molecule has 1 aliphatic heterocycles. The summed E-state index contributed by atoms with van der Waals surface area (Å²) in [7, 11) is 1.57. The standard InChI is InChI=1S/C32H26ClNO4S/c1-3-7-24-16-22(17-28(37-2)30(24)38-20-21-12-14-26(33)15-13-21)18-29-31(35)34(32(36)39-29)19-25-10-6-9-23-8-4-5-11-27(23)25/h3-6,8-18H,1,7,19-20H2,2H3/b29-18+. The van der Waals surface area contributed by atoms with Gasteiger partial charge >= 0.3 is 0 Å². The summed E-state index contributed by atoms with van der Waals surface area (Å²) in [6, 6.07) is 25.0. The Balaban J connectivity index is 1.41. The lowest BCUT2D eigenvalue weighted by molar-refractivity contribution is -0.123. The number of methoxy groups -OCH3 is 1. The molecule has 0 aromatic heterocycles. The summed E-state index contributed by atoms with van der Waals surface area (Å²) in [6.07, 6.45) is 4.05. The van der Waals surface area contributed by atoms with Gasteiger partial charge in [-0.25, -0.2) is 0 Å². The molecule has 7 heteroatoms. The molecule has 1 heterocycles. The first-order chi connectivity index (χ1) is 19.0. The number of nitrogens with zero attached hydrogens (tertiary/aromatic N) is 1. The second-order valence-electron chi connectivity index (χ2n) is 9.03. The first kappa shape index (κ1) is 26.6. The lowest BCUT2D eigenvalue weighted by Crippen LogP contribution is -2.27. The van der Waals surface area contributed by atoms with Crippen LogP contribution in [0.5, 0.6) is 11.5 Å². The highest BCUT2D eigenvalue weighted by Crippen LogP contribution is 2.38. The van der Waals surface area contributed by atoms with Crippen LogP contribution >= 0.6 is 23.4 Å². The van der Waals surface area contributed by atoms with E-state index in [1.165, 1.54) is 4.90 Å². The van der Waals surface area contributed by atoms with E-state index in [1.54, 1.807) is 19.3 Å². The van der Waals surface area contributed by atoms with Crippen molar-refractivity contribution in [1.82, 2.24) is 4.90 Å². The smallest absolute Gasteiger partial charge is 0.293 e. The predicted octanol–water partition coefficient (Wildman–Crippen LogP) is 8.05. The molecule has 2 amide bonds. The zero-order valence-electron chi connectivity index (χ0n) is 21.4. The van der Waals surface area contributed by atoms with Crippen molar-refractivity contribution < 1.29 is 19.1 Å². The molecule has 0 bridgehead atoms. The maximum atomic E-state index is 13.3. The number of thioether (sulfide) groups is 1. The van der Waals surface area contributed by atoms with Gasteiger partial charge in [-0.3, -0.25) is 14.5 Å². The summed E-state index contributed by atoms with van der Waals surface area (Å²) >= 11 is 6.94. The maximum absolute atomic E-state index is 13.3. The van der Waals surface area contributed by atoms with E-state index in [1.807, 2.05) is 78.9 Å². The van der Waals surface area contributed by atoms with Crippen molar-refractivity contribution in [2.75, 3.05) is 7.11 Å². The fourth-order valence-corrected chi connectivity index (χ4v) is 5.48. The third-order valence-electron chi connectivity index (χ3n) is 6.41. The van der Waals surface area contributed by atoms with Gasteiger partial charge in [-0.15, -0.1) is 6.58 Å². The number of carbonyl (C=O) groups is 2. The van der Waals surface area contributed by atoms with Crippen LogP contribution in [-0.4, -0.2) is 23.2 Å². The fraction of sp³-hybridized carbons (Fsp3) is 0.125. The minimum atomic E-state index is -0.315. The van der Waals surface area contributed by atoms with E-state index >= 15 is 0 Å². The van der Waals surface area contributed by atoms with Gasteiger partial charge in [0.05, 0.1) is 18.6 Å². The molecule has 39 heavy (non-hydrogen) atoms. The monoisotopic (exact) mass is 555 g/mol. The zero-order chi connectivity index (χ0) is 27.4. The number of ether oxygens (including phenoxy) is 2. The number of fused-ring (bicyclic) bond motifs is 1. The van der Waals surface area contributed by atoms with Gasteiger partial charge < -0.3 is 9.47 Å². The van der Waals surface area contributed by atoms with Crippen molar-refractivity contribution in [3.63, 3.8) is 0 Å². The van der Waals surface area contributed by atoms with E-state index in [4.69, 9.17) is 21.1 Å². The van der Waals surface area contributed by atoms with Crippen LogP contribution in [0.3, 0.4) is 0 Å². The van der Waals surface area contributed by atoms with Crippen LogP contribution in [-0.2, 0) is 24.4 Å². The van der Waals surface area contributed by atoms with Crippen molar-refractivity contribution in [1.29, 1.82) is 0 Å². The molecule has 0 radical (unpaired) electrons. The average Bonchev–Trinajstić information content (AvgIpc) is 3.20. The summed E-state index contributed by atoms with van der Waals surface area (Å²) in [4.78, 5) is 27.8. The van der Waals surface area contributed by atoms with E-state index in [0.717, 1.165) is 44.8 Å². The third kappa shape index (κ3) is 5.87. The molecule has 0 aliphatic carbocycles. The number of allylic oxidation sites excluding steroid dienone is 1. The van der Waals surface area contributed by atoms with E-state index in [0.29, 0.717) is 34.5 Å². The van der Waals surface area contributed by atoms with Crippen LogP contribution in [0.2, 0.25) is 5.02 Å². The van der Waals surface area contributed by atoms with Crippen molar-refractivity contribution in [2.45, 2.75) is 19.6 Å². The number of rotatable bonds is 9. The van der Waals surface area contributed by atoms with Crippen LogP contribution in [0.15, 0.2) is 96.4 Å². The molecule has 0 unspecified atom stereocenters. The fourth-order valence-electron chi connectivity index (χ4n) is 4.51. The topological polar surface area (TPSA) is 55.8 Å². The highest BCUT2D eigenvalue weighted by Gasteiger charge is 2.35. The van der Waals surface area contributed by atoms with Gasteiger partial charge in [0.1, 0.15) is 6.61 Å². The molecule has 4 aromatic carbocycles. The quantitative estimate of drug-likeness (QED) is 0.154. The Morgan fingerprint density at radius 3 is 2.51 bits per heavy atom. The largest absolute Gasteiger partial charge is 0.493 e. The minimum absolute atomic E-state index is 0.214. The number of hydrogen-bond acceptors (Lipinski definition) is 5. The predicted molar refractivity (Wildman–Crippen MR) is 158 cm³/mol. The number of hydrogen-bond donors (Lipinski definition) is 0. The van der Waals surface area contributed by atoms with E-state index in [-0.39, 0.29) is 17.7 Å². The summed E-state index contributed by atoms with van der Waals surface area (Å²) in [5.41, 5.74) is 3.49. The van der Waals surface area contributed by atoms with Gasteiger partial charge in [-0.05, 0) is 76.0 Å². The van der Waals surface area contributed by atoms with Crippen molar-refractivity contribution in [3.8, 4) is 11.5 Å². The van der Waals surface area contributed by atoms with Crippen LogP contribution < -0.4 is 9.47 Å². The number of halogens is 1. The van der Waals surface area contributed by atoms with Gasteiger partial charge in [0.25, 0.3) is 11.1 Å². The third-order valence-corrected chi connectivity index (χ3v) is 7.57. The average molecular weight is 556 g/mol. The molecule has 196 valence electrons. The molecular formula is C32H26ClNO4S. The second kappa shape index (κ2) is 11.8. The maximum Gasteiger partial charge on any atom is 0.293 e. The summed E-state index contributed by atoms with van der Waals surface area (Å²) < 4.78 is 11.8. The summed E-state index contributed by atoms with van der Waals surface area (Å²) in [5.74, 6) is 0.823. The molecule has 0 spiro atoms. The molecule has 0 atom stereocenters. The SMILES string of the molecule is C=CCc1cc(/C=C2/SC(=O)N(Cc3cccc4ccccc34)C2=O)cc(OC)c1OCc1ccc(Cl)cc1. The Morgan fingerprint density at radius 1 is 0.974 bits per heavy atom. The molecule has 0 N–H and O–H groups in total. The zero-order valence-corrected chi connectivity index (χ0v) is 22.9. The number of carbonyl (C=O) groups excluding carboxylic acids is 2. The first-order valence-corrected chi connectivity index (χ1v) is 13.6. The van der Waals surface area contributed by atoms with Crippen molar-refractivity contribution >= 4 is 51.4 Å². The normalized spacial score (nSPS) is 14.3. The molecule has 4 aromatic rings. The molecular weight excluding hydrogens is 530 g/mol. The highest BCUT2D eigenvalue weighted by atomic mass is 35.5. The number of benzene rings is 4. The van der Waals surface area contributed by atoms with Gasteiger partial charge in [0.15, 0.2) is 11.5 Å². The Bertz CT molecular complexity index is 1590. The second-order valence-corrected chi connectivity index (χ2v) is 10.5. The highest BCUT2D eigenvalue weighted by molar-refractivity contribution is 8.18. The van der Waals surface area contributed by atoms with Gasteiger partial charge in [-0.2, -0.15) is 0 Å². The van der Waals surface area contributed by atoms with E-state index in [2.05, 4.69) is 6.58 Å². The van der Waals surface area contributed by atoms with Gasteiger partial charge in [0.2, 0.25) is 0 Å².